The van der Waals surface area contributed by atoms with Crippen LogP contribution in [0.5, 0.6) is 11.5 Å². The normalized spacial score (nSPS) is 14.0. The predicted octanol–water partition coefficient (Wildman–Crippen LogP) is 4.55. The predicted molar refractivity (Wildman–Crippen MR) is 134 cm³/mol. The first-order valence-corrected chi connectivity index (χ1v) is 11.3. The van der Waals surface area contributed by atoms with Crippen molar-refractivity contribution in [2.24, 2.45) is 5.10 Å². The third-order valence-corrected chi connectivity index (χ3v) is 5.41. The number of esters is 1. The van der Waals surface area contributed by atoms with Crippen LogP contribution < -0.4 is 14.5 Å². The minimum atomic E-state index is -1.09. The minimum Gasteiger partial charge on any atom is -0.493 e. The van der Waals surface area contributed by atoms with Gasteiger partial charge in [0.2, 0.25) is 5.76 Å². The Bertz CT molecular complexity index is 1420. The van der Waals surface area contributed by atoms with E-state index in [-0.39, 0.29) is 30.4 Å². The molecule has 3 aromatic rings. The van der Waals surface area contributed by atoms with Gasteiger partial charge in [0.15, 0.2) is 11.5 Å². The van der Waals surface area contributed by atoms with Gasteiger partial charge in [0.1, 0.15) is 12.4 Å². The zero-order chi connectivity index (χ0) is 26.5. The van der Waals surface area contributed by atoms with Crippen LogP contribution in [0.2, 0.25) is 0 Å². The third kappa shape index (κ3) is 5.53. The molecule has 190 valence electrons. The van der Waals surface area contributed by atoms with E-state index in [1.807, 2.05) is 0 Å². The zero-order valence-corrected chi connectivity index (χ0v) is 20.4. The molecule has 2 aromatic carbocycles. The molecule has 0 unspecified atom stereocenters. The number of amides is 1. The lowest BCUT2D eigenvalue weighted by atomic mass is 10.1. The van der Waals surface area contributed by atoms with E-state index in [1.54, 1.807) is 56.3 Å². The van der Waals surface area contributed by atoms with Gasteiger partial charge >= 0.3 is 11.9 Å². The van der Waals surface area contributed by atoms with E-state index >= 15 is 0 Å². The molecule has 37 heavy (non-hydrogen) atoms. The summed E-state index contributed by atoms with van der Waals surface area (Å²) in [6, 6.07) is 14.3. The van der Waals surface area contributed by atoms with Gasteiger partial charge in [-0.2, -0.15) is 10.1 Å². The van der Waals surface area contributed by atoms with Gasteiger partial charge in [0, 0.05) is 0 Å². The molecule has 1 aliphatic heterocycles. The van der Waals surface area contributed by atoms with E-state index in [0.717, 1.165) is 0 Å². The Hall–Kier alpha value is -4.86. The van der Waals surface area contributed by atoms with Crippen LogP contribution in [-0.4, -0.2) is 42.4 Å². The Labute approximate surface area is 212 Å². The molecule has 2 heterocycles. The molecule has 0 fully saturated rings. The Kier molecular flexibility index (Phi) is 7.38. The largest absolute Gasteiger partial charge is 0.493 e. The van der Waals surface area contributed by atoms with Crippen LogP contribution in [0.4, 0.5) is 5.69 Å². The van der Waals surface area contributed by atoms with Crippen molar-refractivity contribution in [1.82, 2.24) is 0 Å². The second-order valence-corrected chi connectivity index (χ2v) is 7.90. The fourth-order valence-electron chi connectivity index (χ4n) is 3.61. The highest BCUT2D eigenvalue weighted by Gasteiger charge is 2.29. The molecule has 0 bridgehead atoms. The Morgan fingerprint density at radius 3 is 2.65 bits per heavy atom. The van der Waals surface area contributed by atoms with Gasteiger partial charge < -0.3 is 23.7 Å². The quantitative estimate of drug-likeness (QED) is 0.332. The molecule has 0 aliphatic carbocycles. The van der Waals surface area contributed by atoms with Gasteiger partial charge in [0.05, 0.1) is 36.3 Å². The van der Waals surface area contributed by atoms with Gasteiger partial charge in [-0.05, 0) is 68.0 Å². The maximum atomic E-state index is 13.1. The van der Waals surface area contributed by atoms with Gasteiger partial charge in [0.25, 0.3) is 5.91 Å². The number of carbonyl (C=O) groups is 3. The number of aromatic carboxylic acids is 1. The summed E-state index contributed by atoms with van der Waals surface area (Å²) < 4.78 is 21.6. The number of carbonyl (C=O) groups excluding carboxylic acids is 2. The summed E-state index contributed by atoms with van der Waals surface area (Å²) in [6.07, 6.45) is 1.67. The lowest BCUT2D eigenvalue weighted by Crippen LogP contribution is -2.21. The number of carboxylic acid groups (broad SMARTS) is 1. The van der Waals surface area contributed by atoms with Gasteiger partial charge in [-0.25, -0.2) is 9.59 Å². The van der Waals surface area contributed by atoms with Crippen LogP contribution in [-0.2, 0) is 16.1 Å². The number of hydrogen-bond donors (Lipinski definition) is 1. The van der Waals surface area contributed by atoms with Crippen molar-refractivity contribution in [3.8, 4) is 11.5 Å². The maximum absolute atomic E-state index is 13.1. The standard InChI is InChI=1S/C27H24N2O8/c1-4-35-27(33)23-11-9-20(37-23)15-36-22-10-8-17(13-24(22)34-3)12-21-16(2)28-29(25(21)30)19-7-5-6-18(14-19)26(31)32/h5-14H,4,15H2,1-3H3,(H,31,32)/b21-12-. The average molecular weight is 504 g/mol. The van der Waals surface area contributed by atoms with E-state index in [2.05, 4.69) is 5.10 Å². The number of anilines is 1. The van der Waals surface area contributed by atoms with Crippen LogP contribution in [0.1, 0.15) is 46.1 Å². The van der Waals surface area contributed by atoms with Crippen LogP contribution in [0.3, 0.4) is 0 Å². The number of rotatable bonds is 9. The number of furan rings is 1. The molecule has 0 atom stereocenters. The molecule has 0 spiro atoms. The number of methoxy groups -OCH3 is 1. The van der Waals surface area contributed by atoms with Crippen molar-refractivity contribution in [1.29, 1.82) is 0 Å². The number of nitrogens with zero attached hydrogens (tertiary/aromatic N) is 2. The molecule has 10 nitrogen and oxygen atoms in total. The summed E-state index contributed by atoms with van der Waals surface area (Å²) in [5.74, 6) is -0.618. The molecule has 1 amide bonds. The number of hydrazone groups is 1. The first kappa shape index (κ1) is 25.2. The van der Waals surface area contributed by atoms with E-state index in [4.69, 9.17) is 18.6 Å². The summed E-state index contributed by atoms with van der Waals surface area (Å²) in [7, 11) is 1.50. The first-order chi connectivity index (χ1) is 17.8. The Balaban J connectivity index is 1.50. The van der Waals surface area contributed by atoms with Crippen LogP contribution in [0.15, 0.2) is 69.7 Å². The van der Waals surface area contributed by atoms with E-state index in [9.17, 15) is 19.5 Å². The molecule has 0 saturated heterocycles. The minimum absolute atomic E-state index is 0.0579. The van der Waals surface area contributed by atoms with Gasteiger partial charge in [-0.15, -0.1) is 0 Å². The molecule has 1 aromatic heterocycles. The lowest BCUT2D eigenvalue weighted by molar-refractivity contribution is -0.114. The van der Waals surface area contributed by atoms with Gasteiger partial charge in [-0.3, -0.25) is 4.79 Å². The summed E-state index contributed by atoms with van der Waals surface area (Å²) >= 11 is 0. The number of ether oxygens (including phenoxy) is 3. The summed E-state index contributed by atoms with van der Waals surface area (Å²) in [5.41, 5.74) is 1.94. The molecule has 1 aliphatic rings. The first-order valence-electron chi connectivity index (χ1n) is 11.3. The second-order valence-electron chi connectivity index (χ2n) is 7.90. The highest BCUT2D eigenvalue weighted by Crippen LogP contribution is 2.31. The molecular formula is C27H24N2O8. The topological polar surface area (TPSA) is 128 Å². The van der Waals surface area contributed by atoms with Crippen molar-refractivity contribution < 1.29 is 38.1 Å². The van der Waals surface area contributed by atoms with Crippen molar-refractivity contribution >= 4 is 35.3 Å². The second kappa shape index (κ2) is 10.8. The summed E-state index contributed by atoms with van der Waals surface area (Å²) in [6.45, 7) is 3.72. The number of carboxylic acids is 1. The molecule has 4 rings (SSSR count). The summed E-state index contributed by atoms with van der Waals surface area (Å²) in [4.78, 5) is 36.1. The number of benzene rings is 2. The lowest BCUT2D eigenvalue weighted by Gasteiger charge is -2.12. The van der Waals surface area contributed by atoms with Gasteiger partial charge in [-0.1, -0.05) is 12.1 Å². The fourth-order valence-corrected chi connectivity index (χ4v) is 3.61. The number of hydrogen-bond acceptors (Lipinski definition) is 8. The Morgan fingerprint density at radius 1 is 1.11 bits per heavy atom. The van der Waals surface area contributed by atoms with Crippen molar-refractivity contribution in [2.45, 2.75) is 20.5 Å². The van der Waals surface area contributed by atoms with Crippen molar-refractivity contribution in [3.63, 3.8) is 0 Å². The smallest absolute Gasteiger partial charge is 0.374 e. The van der Waals surface area contributed by atoms with E-state index in [1.165, 1.54) is 30.3 Å². The van der Waals surface area contributed by atoms with E-state index in [0.29, 0.717) is 39.8 Å². The van der Waals surface area contributed by atoms with Crippen LogP contribution in [0.25, 0.3) is 6.08 Å². The molecule has 1 N–H and O–H groups in total. The van der Waals surface area contributed by atoms with E-state index < -0.39 is 11.9 Å². The Morgan fingerprint density at radius 2 is 1.92 bits per heavy atom. The summed E-state index contributed by atoms with van der Waals surface area (Å²) in [5, 5.41) is 14.7. The third-order valence-electron chi connectivity index (χ3n) is 5.41. The molecular weight excluding hydrogens is 480 g/mol. The van der Waals surface area contributed by atoms with Crippen molar-refractivity contribution in [2.75, 3.05) is 18.7 Å². The zero-order valence-electron chi connectivity index (χ0n) is 20.4. The highest BCUT2D eigenvalue weighted by atomic mass is 16.5. The monoisotopic (exact) mass is 504 g/mol. The molecule has 0 saturated carbocycles. The fraction of sp³-hybridized carbons (Fsp3) is 0.185. The SMILES string of the molecule is CCOC(=O)c1ccc(COc2ccc(/C=C3\C(=O)N(c4cccc(C(=O)O)c4)N=C3C)cc2OC)o1. The van der Waals surface area contributed by atoms with Crippen LogP contribution in [0, 0.1) is 0 Å². The average Bonchev–Trinajstić information content (AvgIpc) is 3.48. The highest BCUT2D eigenvalue weighted by molar-refractivity contribution is 6.32. The molecule has 0 radical (unpaired) electrons. The maximum Gasteiger partial charge on any atom is 0.374 e. The molecule has 10 heteroatoms. The van der Waals surface area contributed by atoms with Crippen molar-refractivity contribution in [3.05, 3.63) is 82.8 Å². The van der Waals surface area contributed by atoms with Crippen LogP contribution >= 0.6 is 0 Å².